The van der Waals surface area contributed by atoms with Crippen LogP contribution in [-0.4, -0.2) is 29.7 Å². The van der Waals surface area contributed by atoms with Crippen molar-refractivity contribution < 1.29 is 8.42 Å². The molecule has 2 rings (SSSR count). The third-order valence-corrected chi connectivity index (χ3v) is 4.37. The molecule has 0 aliphatic rings. The lowest BCUT2D eigenvalue weighted by molar-refractivity contribution is 0.561. The van der Waals surface area contributed by atoms with Gasteiger partial charge in [0.2, 0.25) is 10.0 Å². The monoisotopic (exact) mass is 310 g/mol. The third kappa shape index (κ3) is 3.41. The highest BCUT2D eigenvalue weighted by Gasteiger charge is 2.18. The lowest BCUT2D eigenvalue weighted by Crippen LogP contribution is -2.29. The number of sulfonamides is 1. The Morgan fingerprint density at radius 3 is 2.75 bits per heavy atom. The number of nitrogens with two attached hydrogens (primary N) is 1. The first-order chi connectivity index (χ1) is 9.50. The average Bonchev–Trinajstić information content (AvgIpc) is 2.91. The molecule has 0 saturated heterocycles. The number of nitrogens with one attached hydrogen (secondary N) is 1. The van der Waals surface area contributed by atoms with Crippen molar-refractivity contribution >= 4 is 27.2 Å². The normalized spacial score (nSPS) is 11.4. The summed E-state index contributed by atoms with van der Waals surface area (Å²) in [5, 5.41) is 4.00. The molecule has 0 aliphatic carbocycles. The topological polar surface area (TPSA) is 90.0 Å². The summed E-state index contributed by atoms with van der Waals surface area (Å²) in [5.41, 5.74) is 5.88. The van der Waals surface area contributed by atoms with Gasteiger partial charge in [0.1, 0.15) is 4.99 Å². The second kappa shape index (κ2) is 6.12. The van der Waals surface area contributed by atoms with E-state index in [1.54, 1.807) is 41.3 Å². The van der Waals surface area contributed by atoms with Gasteiger partial charge in [-0.05, 0) is 12.1 Å². The highest BCUT2D eigenvalue weighted by Crippen LogP contribution is 2.14. The van der Waals surface area contributed by atoms with Crippen LogP contribution in [0, 0.1) is 0 Å². The molecule has 2 aromatic rings. The van der Waals surface area contributed by atoms with Gasteiger partial charge in [-0.1, -0.05) is 30.4 Å². The summed E-state index contributed by atoms with van der Waals surface area (Å²) in [7, 11) is -3.65. The fourth-order valence-electron chi connectivity index (χ4n) is 1.71. The zero-order chi connectivity index (χ0) is 14.6. The fourth-order valence-corrected chi connectivity index (χ4v) is 3.19. The van der Waals surface area contributed by atoms with Gasteiger partial charge in [-0.3, -0.25) is 4.68 Å². The van der Waals surface area contributed by atoms with Crippen molar-refractivity contribution in [1.29, 1.82) is 0 Å². The van der Waals surface area contributed by atoms with Gasteiger partial charge in [0.05, 0.1) is 11.4 Å². The minimum absolute atomic E-state index is 0.0538. The number of nitrogens with zero attached hydrogens (tertiary/aromatic N) is 2. The molecule has 6 nitrogen and oxygen atoms in total. The minimum Gasteiger partial charge on any atom is -0.389 e. The van der Waals surface area contributed by atoms with Gasteiger partial charge in [-0.25, -0.2) is 13.1 Å². The summed E-state index contributed by atoms with van der Waals surface area (Å²) >= 11 is 4.87. The van der Waals surface area contributed by atoms with Crippen LogP contribution in [0.4, 0.5) is 0 Å². The quantitative estimate of drug-likeness (QED) is 0.758. The molecule has 1 heterocycles. The van der Waals surface area contributed by atoms with Crippen LogP contribution in [-0.2, 0) is 16.6 Å². The minimum atomic E-state index is -3.65. The van der Waals surface area contributed by atoms with E-state index in [1.165, 1.54) is 6.07 Å². The van der Waals surface area contributed by atoms with E-state index in [0.29, 0.717) is 12.1 Å². The Balaban J connectivity index is 2.12. The van der Waals surface area contributed by atoms with Crippen molar-refractivity contribution in [3.63, 3.8) is 0 Å². The zero-order valence-corrected chi connectivity index (χ0v) is 12.2. The highest BCUT2D eigenvalue weighted by atomic mass is 32.2. The van der Waals surface area contributed by atoms with Crippen LogP contribution in [0.1, 0.15) is 5.56 Å². The van der Waals surface area contributed by atoms with Crippen molar-refractivity contribution in [2.75, 3.05) is 6.54 Å². The van der Waals surface area contributed by atoms with E-state index in [9.17, 15) is 8.42 Å². The second-order valence-corrected chi connectivity index (χ2v) is 6.20. The first-order valence-electron chi connectivity index (χ1n) is 5.86. The Morgan fingerprint density at radius 2 is 2.10 bits per heavy atom. The number of benzene rings is 1. The number of hydrogen-bond donors (Lipinski definition) is 2. The average molecular weight is 310 g/mol. The summed E-state index contributed by atoms with van der Waals surface area (Å²) in [6.45, 7) is 0.678. The Morgan fingerprint density at radius 1 is 1.35 bits per heavy atom. The molecule has 0 spiro atoms. The Labute approximate surface area is 122 Å². The molecule has 106 valence electrons. The molecule has 1 aromatic heterocycles. The van der Waals surface area contributed by atoms with Crippen LogP contribution in [0.5, 0.6) is 0 Å². The molecule has 0 bridgehead atoms. The number of aromatic nitrogens is 2. The maximum atomic E-state index is 12.2. The number of rotatable bonds is 6. The van der Waals surface area contributed by atoms with E-state index >= 15 is 0 Å². The van der Waals surface area contributed by atoms with Gasteiger partial charge in [0, 0.05) is 24.5 Å². The van der Waals surface area contributed by atoms with Crippen LogP contribution in [0.15, 0.2) is 47.6 Å². The van der Waals surface area contributed by atoms with Crippen LogP contribution in [0.3, 0.4) is 0 Å². The SMILES string of the molecule is NC(=S)c1ccccc1S(=O)(=O)NCCn1cccn1. The molecule has 3 N–H and O–H groups in total. The first kappa shape index (κ1) is 14.6. The van der Waals surface area contributed by atoms with Crippen LogP contribution in [0.2, 0.25) is 0 Å². The Hall–Kier alpha value is -1.77. The van der Waals surface area contributed by atoms with Gasteiger partial charge >= 0.3 is 0 Å². The molecule has 0 unspecified atom stereocenters. The molecule has 1 aromatic carbocycles. The molecule has 20 heavy (non-hydrogen) atoms. The van der Waals surface area contributed by atoms with Gasteiger partial charge in [-0.2, -0.15) is 5.10 Å². The number of thiocarbonyl (C=S) groups is 1. The summed E-state index contributed by atoms with van der Waals surface area (Å²) in [4.78, 5) is 0.144. The van der Waals surface area contributed by atoms with E-state index in [1.807, 2.05) is 0 Å². The molecule has 0 amide bonds. The summed E-state index contributed by atoms with van der Waals surface area (Å²) in [5.74, 6) is 0. The number of hydrogen-bond acceptors (Lipinski definition) is 4. The maximum absolute atomic E-state index is 12.2. The second-order valence-electron chi connectivity index (χ2n) is 4.03. The van der Waals surface area contributed by atoms with E-state index < -0.39 is 10.0 Å². The van der Waals surface area contributed by atoms with E-state index in [0.717, 1.165) is 0 Å². The fraction of sp³-hybridized carbons (Fsp3) is 0.167. The van der Waals surface area contributed by atoms with Crippen molar-refractivity contribution in [3.05, 3.63) is 48.3 Å². The van der Waals surface area contributed by atoms with Crippen LogP contribution < -0.4 is 10.5 Å². The highest BCUT2D eigenvalue weighted by molar-refractivity contribution is 7.89. The van der Waals surface area contributed by atoms with Gasteiger partial charge in [0.25, 0.3) is 0 Å². The molecule has 0 radical (unpaired) electrons. The van der Waals surface area contributed by atoms with Gasteiger partial charge < -0.3 is 5.73 Å². The molecule has 8 heteroatoms. The van der Waals surface area contributed by atoms with Gasteiger partial charge in [0.15, 0.2) is 0 Å². The summed E-state index contributed by atoms with van der Waals surface area (Å²) < 4.78 is 28.6. The van der Waals surface area contributed by atoms with Crippen molar-refractivity contribution in [2.24, 2.45) is 5.73 Å². The van der Waals surface area contributed by atoms with Crippen molar-refractivity contribution in [2.45, 2.75) is 11.4 Å². The van der Waals surface area contributed by atoms with E-state index in [-0.39, 0.29) is 16.4 Å². The standard InChI is InChI=1S/C12H14N4O2S2/c13-12(19)10-4-1-2-5-11(10)20(17,18)15-7-9-16-8-3-6-14-16/h1-6,8,15H,7,9H2,(H2,13,19). The lowest BCUT2D eigenvalue weighted by atomic mass is 10.2. The first-order valence-corrected chi connectivity index (χ1v) is 7.76. The smallest absolute Gasteiger partial charge is 0.241 e. The maximum Gasteiger partial charge on any atom is 0.241 e. The zero-order valence-electron chi connectivity index (χ0n) is 10.6. The molecular formula is C12H14N4O2S2. The van der Waals surface area contributed by atoms with Crippen molar-refractivity contribution in [3.8, 4) is 0 Å². The Kier molecular flexibility index (Phi) is 4.48. The van der Waals surface area contributed by atoms with E-state index in [4.69, 9.17) is 18.0 Å². The van der Waals surface area contributed by atoms with Crippen molar-refractivity contribution in [1.82, 2.24) is 14.5 Å². The van der Waals surface area contributed by atoms with Crippen LogP contribution >= 0.6 is 12.2 Å². The van der Waals surface area contributed by atoms with Crippen LogP contribution in [0.25, 0.3) is 0 Å². The lowest BCUT2D eigenvalue weighted by Gasteiger charge is -2.10. The predicted molar refractivity (Wildman–Crippen MR) is 79.7 cm³/mol. The molecular weight excluding hydrogens is 296 g/mol. The summed E-state index contributed by atoms with van der Waals surface area (Å²) in [6.07, 6.45) is 3.40. The third-order valence-electron chi connectivity index (χ3n) is 2.63. The molecule has 0 aliphatic heterocycles. The molecule has 0 fully saturated rings. The molecule has 0 saturated carbocycles. The largest absolute Gasteiger partial charge is 0.389 e. The Bertz CT molecular complexity index is 696. The summed E-state index contributed by atoms with van der Waals surface area (Å²) in [6, 6.07) is 8.16. The predicted octanol–water partition coefficient (Wildman–Crippen LogP) is 0.496. The van der Waals surface area contributed by atoms with E-state index in [2.05, 4.69) is 9.82 Å². The van der Waals surface area contributed by atoms with Gasteiger partial charge in [-0.15, -0.1) is 0 Å². The molecule has 0 atom stereocenters.